The largest absolute Gasteiger partial charge is 0.493 e. The molecule has 0 aliphatic rings. The second kappa shape index (κ2) is 7.71. The topological polar surface area (TPSA) is 42.8 Å². The van der Waals surface area contributed by atoms with Crippen LogP contribution < -0.4 is 14.9 Å². The molecule has 5 heteroatoms. The van der Waals surface area contributed by atoms with E-state index in [2.05, 4.69) is 10.5 Å². The zero-order chi connectivity index (χ0) is 15.9. The minimum absolute atomic E-state index is 0.0972. The molecule has 0 aliphatic carbocycles. The van der Waals surface area contributed by atoms with Crippen molar-refractivity contribution in [2.24, 2.45) is 5.10 Å². The molecule has 2 rings (SSSR count). The molecule has 0 atom stereocenters. The summed E-state index contributed by atoms with van der Waals surface area (Å²) in [5, 5.41) is 4.89. The minimum atomic E-state index is 0.0972. The fourth-order valence-electron chi connectivity index (χ4n) is 1.82. The van der Waals surface area contributed by atoms with E-state index in [1.807, 2.05) is 44.2 Å². The summed E-state index contributed by atoms with van der Waals surface area (Å²) in [5.74, 6) is 1.41. The van der Waals surface area contributed by atoms with Gasteiger partial charge in [-0.05, 0) is 61.9 Å². The van der Waals surface area contributed by atoms with E-state index in [0.29, 0.717) is 10.8 Å². The number of rotatable bonds is 6. The van der Waals surface area contributed by atoms with Crippen molar-refractivity contribution in [3.05, 3.63) is 53.1 Å². The summed E-state index contributed by atoms with van der Waals surface area (Å²) < 4.78 is 11.0. The fourth-order valence-corrected chi connectivity index (χ4v) is 1.95. The lowest BCUT2D eigenvalue weighted by Crippen LogP contribution is -2.06. The number of halogens is 1. The average Bonchev–Trinajstić information content (AvgIpc) is 2.50. The fraction of sp³-hybridized carbons (Fsp3) is 0.235. The Morgan fingerprint density at radius 1 is 1.09 bits per heavy atom. The second-order valence-corrected chi connectivity index (χ2v) is 5.39. The van der Waals surface area contributed by atoms with Gasteiger partial charge in [0, 0.05) is 5.02 Å². The highest BCUT2D eigenvalue weighted by Gasteiger charge is 2.06. The number of anilines is 1. The summed E-state index contributed by atoms with van der Waals surface area (Å²) in [4.78, 5) is 0. The van der Waals surface area contributed by atoms with E-state index in [4.69, 9.17) is 21.1 Å². The first-order valence-electron chi connectivity index (χ1n) is 6.98. The van der Waals surface area contributed by atoms with Crippen molar-refractivity contribution < 1.29 is 9.47 Å². The summed E-state index contributed by atoms with van der Waals surface area (Å²) in [6.07, 6.45) is 1.82. The highest BCUT2D eigenvalue weighted by molar-refractivity contribution is 6.30. The third-order valence-electron chi connectivity index (χ3n) is 2.80. The van der Waals surface area contributed by atoms with Crippen LogP contribution in [0.25, 0.3) is 0 Å². The van der Waals surface area contributed by atoms with Crippen LogP contribution >= 0.6 is 11.6 Å². The van der Waals surface area contributed by atoms with Crippen LogP contribution in [0.3, 0.4) is 0 Å². The molecule has 0 aliphatic heterocycles. The normalized spacial score (nSPS) is 11.0. The van der Waals surface area contributed by atoms with Crippen LogP contribution in [0.4, 0.5) is 5.69 Å². The van der Waals surface area contributed by atoms with Gasteiger partial charge in [0.05, 0.1) is 25.1 Å². The van der Waals surface area contributed by atoms with Gasteiger partial charge in [-0.2, -0.15) is 5.10 Å². The van der Waals surface area contributed by atoms with Gasteiger partial charge in [0.25, 0.3) is 0 Å². The monoisotopic (exact) mass is 318 g/mol. The molecule has 0 amide bonds. The van der Waals surface area contributed by atoms with Crippen LogP contribution in [0.1, 0.15) is 19.4 Å². The third-order valence-corrected chi connectivity index (χ3v) is 3.05. The molecule has 0 spiro atoms. The average molecular weight is 319 g/mol. The van der Waals surface area contributed by atoms with Crippen molar-refractivity contribution in [1.82, 2.24) is 0 Å². The van der Waals surface area contributed by atoms with Gasteiger partial charge in [-0.1, -0.05) is 11.6 Å². The predicted octanol–water partition coefficient (Wildman–Crippen LogP) is 4.58. The first kappa shape index (κ1) is 16.2. The lowest BCUT2D eigenvalue weighted by Gasteiger charge is -2.13. The van der Waals surface area contributed by atoms with Crippen LogP contribution in [0, 0.1) is 0 Å². The first-order chi connectivity index (χ1) is 10.6. The van der Waals surface area contributed by atoms with E-state index in [0.717, 1.165) is 17.0 Å². The summed E-state index contributed by atoms with van der Waals surface area (Å²) in [7, 11) is 1.62. The van der Waals surface area contributed by atoms with Crippen LogP contribution in [-0.2, 0) is 0 Å². The maximum absolute atomic E-state index is 5.83. The Morgan fingerprint density at radius 2 is 1.82 bits per heavy atom. The lowest BCUT2D eigenvalue weighted by atomic mass is 10.2. The molecule has 0 heterocycles. The first-order valence-corrected chi connectivity index (χ1v) is 7.35. The molecule has 2 aromatic rings. The summed E-state index contributed by atoms with van der Waals surface area (Å²) >= 11 is 5.83. The maximum atomic E-state index is 5.83. The molecular weight excluding hydrogens is 300 g/mol. The zero-order valence-electron chi connectivity index (χ0n) is 12.8. The molecule has 0 aromatic heterocycles. The van der Waals surface area contributed by atoms with Crippen LogP contribution in [-0.4, -0.2) is 19.4 Å². The van der Waals surface area contributed by atoms with Crippen molar-refractivity contribution in [2.45, 2.75) is 20.0 Å². The van der Waals surface area contributed by atoms with Crippen molar-refractivity contribution in [3.63, 3.8) is 0 Å². The summed E-state index contributed by atoms with van der Waals surface area (Å²) in [6, 6.07) is 13.0. The van der Waals surface area contributed by atoms with Gasteiger partial charge in [0.1, 0.15) is 0 Å². The number of hydrogen-bond donors (Lipinski definition) is 1. The van der Waals surface area contributed by atoms with Crippen molar-refractivity contribution in [2.75, 3.05) is 12.5 Å². The smallest absolute Gasteiger partial charge is 0.161 e. The molecule has 0 bridgehead atoms. The Bertz CT molecular complexity index is 640. The number of benzene rings is 2. The maximum Gasteiger partial charge on any atom is 0.161 e. The number of ether oxygens (including phenoxy) is 2. The van der Waals surface area contributed by atoms with E-state index in [1.54, 1.807) is 25.5 Å². The van der Waals surface area contributed by atoms with Gasteiger partial charge in [0.2, 0.25) is 0 Å². The van der Waals surface area contributed by atoms with E-state index in [1.165, 1.54) is 0 Å². The van der Waals surface area contributed by atoms with Gasteiger partial charge >= 0.3 is 0 Å². The number of methoxy groups -OCH3 is 1. The van der Waals surface area contributed by atoms with Gasteiger partial charge in [-0.25, -0.2) is 0 Å². The summed E-state index contributed by atoms with van der Waals surface area (Å²) in [6.45, 7) is 3.95. The third kappa shape index (κ3) is 4.67. The Morgan fingerprint density at radius 3 is 2.45 bits per heavy atom. The van der Waals surface area contributed by atoms with Gasteiger partial charge in [0.15, 0.2) is 11.5 Å². The zero-order valence-corrected chi connectivity index (χ0v) is 13.6. The Hall–Kier alpha value is -2.20. The molecule has 0 saturated carbocycles. The van der Waals surface area contributed by atoms with Gasteiger partial charge < -0.3 is 9.47 Å². The Balaban J connectivity index is 2.05. The van der Waals surface area contributed by atoms with Crippen molar-refractivity contribution >= 4 is 23.5 Å². The molecule has 2 aromatic carbocycles. The van der Waals surface area contributed by atoms with Crippen molar-refractivity contribution in [1.29, 1.82) is 0 Å². The molecule has 116 valence electrons. The second-order valence-electron chi connectivity index (χ2n) is 4.95. The van der Waals surface area contributed by atoms with E-state index < -0.39 is 0 Å². The standard InChI is InChI=1S/C17H19ClN2O2/c1-12(2)22-16-9-4-13(10-17(16)21-3)11-19-20-15-7-5-14(18)6-8-15/h4-12,20H,1-3H3. The number of nitrogens with one attached hydrogen (secondary N) is 1. The molecule has 0 unspecified atom stereocenters. The molecular formula is C17H19ClN2O2. The predicted molar refractivity (Wildman–Crippen MR) is 91.4 cm³/mol. The van der Waals surface area contributed by atoms with Crippen molar-refractivity contribution in [3.8, 4) is 11.5 Å². The van der Waals surface area contributed by atoms with E-state index in [-0.39, 0.29) is 6.10 Å². The number of nitrogens with zero attached hydrogens (tertiary/aromatic N) is 1. The highest BCUT2D eigenvalue weighted by atomic mass is 35.5. The van der Waals surface area contributed by atoms with Crippen LogP contribution in [0.5, 0.6) is 11.5 Å². The lowest BCUT2D eigenvalue weighted by molar-refractivity contribution is 0.230. The molecule has 22 heavy (non-hydrogen) atoms. The van der Waals surface area contributed by atoms with Gasteiger partial charge in [-0.3, -0.25) is 5.43 Å². The molecule has 0 saturated heterocycles. The Kier molecular flexibility index (Phi) is 5.67. The van der Waals surface area contributed by atoms with Crippen LogP contribution in [0.15, 0.2) is 47.6 Å². The minimum Gasteiger partial charge on any atom is -0.493 e. The quantitative estimate of drug-likeness (QED) is 0.626. The molecule has 1 N–H and O–H groups in total. The SMILES string of the molecule is COc1cc(C=NNc2ccc(Cl)cc2)ccc1OC(C)C. The van der Waals surface area contributed by atoms with Crippen LogP contribution in [0.2, 0.25) is 5.02 Å². The molecule has 4 nitrogen and oxygen atoms in total. The Labute approximate surface area is 135 Å². The van der Waals surface area contributed by atoms with E-state index >= 15 is 0 Å². The number of hydrazone groups is 1. The van der Waals surface area contributed by atoms with E-state index in [9.17, 15) is 0 Å². The molecule has 0 radical (unpaired) electrons. The number of hydrogen-bond acceptors (Lipinski definition) is 4. The molecule has 0 fully saturated rings. The summed E-state index contributed by atoms with van der Waals surface area (Å²) in [5.41, 5.74) is 4.72. The van der Waals surface area contributed by atoms with Gasteiger partial charge in [-0.15, -0.1) is 0 Å². The highest BCUT2D eigenvalue weighted by Crippen LogP contribution is 2.28.